The zero-order valence-electron chi connectivity index (χ0n) is 36.2. The van der Waals surface area contributed by atoms with Crippen molar-refractivity contribution in [2.24, 2.45) is 11.8 Å². The van der Waals surface area contributed by atoms with Gasteiger partial charge in [-0.3, -0.25) is 9.59 Å². The topological polar surface area (TPSA) is 193 Å². The van der Waals surface area contributed by atoms with Crippen LogP contribution in [0.5, 0.6) is 11.5 Å². The van der Waals surface area contributed by atoms with Crippen molar-refractivity contribution in [3.63, 3.8) is 0 Å². The van der Waals surface area contributed by atoms with Crippen molar-refractivity contribution in [2.45, 2.75) is 90.4 Å². The molecule has 16 heteroatoms. The van der Waals surface area contributed by atoms with Crippen molar-refractivity contribution >= 4 is 24.0 Å². The highest BCUT2D eigenvalue weighted by Gasteiger charge is 2.42. The first-order chi connectivity index (χ1) is 30.4. The van der Waals surface area contributed by atoms with Crippen LogP contribution in [0.25, 0.3) is 33.6 Å². The van der Waals surface area contributed by atoms with Gasteiger partial charge in [0.2, 0.25) is 5.91 Å². The first-order valence-corrected chi connectivity index (χ1v) is 21.5. The molecule has 9 rings (SSSR count). The van der Waals surface area contributed by atoms with Gasteiger partial charge in [-0.1, -0.05) is 51.1 Å². The molecule has 0 aliphatic carbocycles. The Hall–Kier alpha value is -6.84. The molecule has 6 heterocycles. The van der Waals surface area contributed by atoms with E-state index >= 15 is 0 Å². The molecule has 6 atom stereocenters. The fourth-order valence-corrected chi connectivity index (χ4v) is 9.60. The summed E-state index contributed by atoms with van der Waals surface area (Å²) < 4.78 is 22.6. The summed E-state index contributed by atoms with van der Waals surface area (Å²) >= 11 is 0. The fourth-order valence-electron chi connectivity index (χ4n) is 9.60. The van der Waals surface area contributed by atoms with Crippen LogP contribution in [0, 0.1) is 11.8 Å². The molecule has 2 saturated heterocycles. The van der Waals surface area contributed by atoms with Crippen molar-refractivity contribution in [3.05, 3.63) is 95.3 Å². The zero-order chi connectivity index (χ0) is 44.1. The maximum atomic E-state index is 14.2. The van der Waals surface area contributed by atoms with E-state index in [2.05, 4.69) is 39.7 Å². The normalized spacial score (nSPS) is 20.6. The van der Waals surface area contributed by atoms with Crippen LogP contribution in [0.3, 0.4) is 0 Å². The molecular formula is C47H52N8O8. The molecule has 63 heavy (non-hydrogen) atoms. The summed E-state index contributed by atoms with van der Waals surface area (Å²) in [7, 11) is 2.57. The second kappa shape index (κ2) is 16.8. The lowest BCUT2D eigenvalue weighted by atomic mass is 9.87. The van der Waals surface area contributed by atoms with Gasteiger partial charge in [0.25, 0.3) is 5.91 Å². The Morgan fingerprint density at radius 2 is 1.33 bits per heavy atom. The Kier molecular flexibility index (Phi) is 11.1. The molecule has 0 radical (unpaired) electrons. The lowest BCUT2D eigenvalue weighted by molar-refractivity contribution is -0.137. The third-order valence-electron chi connectivity index (χ3n) is 12.8. The van der Waals surface area contributed by atoms with E-state index in [1.807, 2.05) is 68.1 Å². The maximum Gasteiger partial charge on any atom is 0.407 e. The molecule has 16 nitrogen and oxygen atoms in total. The number of nitrogens with zero attached hydrogens (tertiary/aromatic N) is 4. The van der Waals surface area contributed by atoms with Crippen molar-refractivity contribution in [1.82, 2.24) is 40.4 Å². The van der Waals surface area contributed by atoms with Crippen LogP contribution < -0.4 is 20.1 Å². The number of rotatable bonds is 10. The largest absolute Gasteiger partial charge is 0.488 e. The van der Waals surface area contributed by atoms with Gasteiger partial charge in [0.1, 0.15) is 48.4 Å². The van der Waals surface area contributed by atoms with Crippen molar-refractivity contribution < 1.29 is 38.1 Å². The third-order valence-corrected chi connectivity index (χ3v) is 12.8. The van der Waals surface area contributed by atoms with E-state index in [0.717, 1.165) is 69.1 Å². The monoisotopic (exact) mass is 856 g/mol. The number of aromatic nitrogens is 4. The predicted octanol–water partition coefficient (Wildman–Crippen LogP) is 7.36. The van der Waals surface area contributed by atoms with Crippen molar-refractivity contribution in [1.29, 1.82) is 0 Å². The molecule has 0 spiro atoms. The number of alkyl carbamates (subject to hydrolysis) is 2. The van der Waals surface area contributed by atoms with Crippen LogP contribution in [0.2, 0.25) is 0 Å². The summed E-state index contributed by atoms with van der Waals surface area (Å²) in [6, 6.07) is 15.1. The van der Waals surface area contributed by atoms with Crippen LogP contribution in [-0.4, -0.2) is 86.6 Å². The number of benzene rings is 3. The number of H-pyrrole nitrogens is 2. The number of aromatic amines is 2. The van der Waals surface area contributed by atoms with E-state index in [0.29, 0.717) is 43.4 Å². The van der Waals surface area contributed by atoms with Crippen LogP contribution in [-0.2, 0) is 32.3 Å². The average molecular weight is 857 g/mol. The smallest absolute Gasteiger partial charge is 0.407 e. The summed E-state index contributed by atoms with van der Waals surface area (Å²) in [5, 5.41) is 5.46. The van der Waals surface area contributed by atoms with Crippen LogP contribution in [0.1, 0.15) is 93.4 Å². The molecule has 328 valence electrons. The number of hydrogen-bond acceptors (Lipinski definition) is 10. The molecule has 4 N–H and O–H groups in total. The Labute approximate surface area is 365 Å². The summed E-state index contributed by atoms with van der Waals surface area (Å²) in [6.45, 7) is 9.10. The van der Waals surface area contributed by atoms with Gasteiger partial charge in [0, 0.05) is 46.0 Å². The highest BCUT2D eigenvalue weighted by atomic mass is 16.5. The van der Waals surface area contributed by atoms with Gasteiger partial charge >= 0.3 is 12.2 Å². The molecular weight excluding hydrogens is 805 g/mol. The SMILES string of the molecule is COC(=O)N[C@H](C(=O)N1C(c2ncc(-c3cc4c5c(c3)OCc3cc(-c6cnc([C@@H]7C[C@H](C)CN7C(=O)[C@H](NC(=O)OC)c7ccccc7)[nH]6)cc(c3-5)OC4)[nH]2)CC[C@@H]1C)C(C)C. The maximum absolute atomic E-state index is 14.2. The average Bonchev–Trinajstić information content (AvgIpc) is 4.13. The predicted molar refractivity (Wildman–Crippen MR) is 231 cm³/mol. The minimum atomic E-state index is -0.918. The second-order valence-corrected chi connectivity index (χ2v) is 17.3. The molecule has 3 aromatic carbocycles. The van der Waals surface area contributed by atoms with Gasteiger partial charge < -0.3 is 49.3 Å². The quantitative estimate of drug-likeness (QED) is 0.110. The Bertz CT molecular complexity index is 2520. The molecule has 2 fully saturated rings. The number of ether oxygens (including phenoxy) is 4. The van der Waals surface area contributed by atoms with Gasteiger partial charge in [-0.15, -0.1) is 0 Å². The summed E-state index contributed by atoms with van der Waals surface area (Å²) in [5.74, 6) is 2.52. The van der Waals surface area contributed by atoms with Gasteiger partial charge in [-0.05, 0) is 67.9 Å². The zero-order valence-corrected chi connectivity index (χ0v) is 36.2. The standard InChI is InChI=1S/C47H52N8O8/c1-24(2)40(52-46(58)60-5)45(57)55-26(4)12-13-34(55)42-48-19-32(50-42)28-15-30-22-63-37-18-29(16-31-23-62-36(17-28)38(30)39(31)37)33-20-49-43(51-33)35-14-25(3)21-54(35)44(56)41(53-47(59)61-6)27-10-8-7-9-11-27/h7-11,15-20,24-26,34-35,40-41H,12-14,21-23H2,1-6H3,(H,48,50)(H,49,51)(H,52,58)(H,53,59)/t25-,26-,34?,35-,40-,41+/m0/s1. The van der Waals surface area contributed by atoms with E-state index in [9.17, 15) is 19.2 Å². The van der Waals surface area contributed by atoms with Crippen LogP contribution in [0.4, 0.5) is 9.59 Å². The molecule has 1 unspecified atom stereocenters. The lowest BCUT2D eigenvalue weighted by Gasteiger charge is -2.33. The molecule has 2 aromatic heterocycles. The first-order valence-electron chi connectivity index (χ1n) is 21.5. The van der Waals surface area contributed by atoms with Crippen LogP contribution >= 0.6 is 0 Å². The molecule has 5 aromatic rings. The molecule has 0 saturated carbocycles. The minimum absolute atomic E-state index is 0.0331. The number of methoxy groups -OCH3 is 2. The van der Waals surface area contributed by atoms with E-state index in [-0.39, 0.29) is 41.8 Å². The third kappa shape index (κ3) is 7.71. The molecule has 4 amide bonds. The van der Waals surface area contributed by atoms with E-state index in [1.165, 1.54) is 14.2 Å². The Morgan fingerprint density at radius 1 is 0.762 bits per heavy atom. The molecule has 0 bridgehead atoms. The Morgan fingerprint density at radius 3 is 1.90 bits per heavy atom. The fraction of sp³-hybridized carbons (Fsp3) is 0.404. The van der Waals surface area contributed by atoms with Gasteiger partial charge in [-0.25, -0.2) is 19.6 Å². The highest BCUT2D eigenvalue weighted by molar-refractivity contribution is 5.90. The first kappa shape index (κ1) is 41.5. The summed E-state index contributed by atoms with van der Waals surface area (Å²) in [4.78, 5) is 72.8. The number of amides is 4. The summed E-state index contributed by atoms with van der Waals surface area (Å²) in [5.41, 5.74) is 7.98. The Balaban J connectivity index is 0.954. The number of carbonyl (C=O) groups excluding carboxylic acids is 4. The second-order valence-electron chi connectivity index (χ2n) is 17.3. The number of hydrogen-bond donors (Lipinski definition) is 4. The van der Waals surface area contributed by atoms with E-state index in [4.69, 9.17) is 28.9 Å². The number of likely N-dealkylation sites (tertiary alicyclic amines) is 2. The lowest BCUT2D eigenvalue weighted by Crippen LogP contribution is -2.52. The van der Waals surface area contributed by atoms with Gasteiger partial charge in [0.15, 0.2) is 0 Å². The number of nitrogens with one attached hydrogen (secondary N) is 4. The van der Waals surface area contributed by atoms with E-state index < -0.39 is 24.3 Å². The number of carbonyl (C=O) groups is 4. The molecule has 4 aliphatic rings. The highest BCUT2D eigenvalue weighted by Crippen LogP contribution is 2.51. The summed E-state index contributed by atoms with van der Waals surface area (Å²) in [6.07, 6.45) is 4.51. The van der Waals surface area contributed by atoms with E-state index in [1.54, 1.807) is 17.3 Å². The van der Waals surface area contributed by atoms with Gasteiger partial charge in [0.05, 0.1) is 50.1 Å². The van der Waals surface area contributed by atoms with Crippen molar-refractivity contribution in [2.75, 3.05) is 20.8 Å². The van der Waals surface area contributed by atoms with Gasteiger partial charge in [-0.2, -0.15) is 0 Å². The molecule has 4 aliphatic heterocycles. The minimum Gasteiger partial charge on any atom is -0.488 e. The van der Waals surface area contributed by atoms with Crippen LogP contribution in [0.15, 0.2) is 67.0 Å². The van der Waals surface area contributed by atoms with Crippen molar-refractivity contribution in [3.8, 4) is 45.1 Å². The number of imidazole rings is 2.